The van der Waals surface area contributed by atoms with Gasteiger partial charge in [-0.15, -0.1) is 6.58 Å². The first-order chi connectivity index (χ1) is 11.7. The van der Waals surface area contributed by atoms with Crippen molar-refractivity contribution in [2.45, 2.75) is 52.4 Å². The Bertz CT molecular complexity index is 603. The Morgan fingerprint density at radius 2 is 2.04 bits per heavy atom. The monoisotopic (exact) mass is 324 g/mol. The van der Waals surface area contributed by atoms with E-state index in [-0.39, 0.29) is 0 Å². The smallest absolute Gasteiger partial charge is 0.142 e. The third-order valence-electron chi connectivity index (χ3n) is 9.30. The Kier molecular flexibility index (Phi) is 3.26. The van der Waals surface area contributed by atoms with Crippen LogP contribution in [0.1, 0.15) is 52.4 Å². The van der Waals surface area contributed by atoms with Gasteiger partial charge in [0, 0.05) is 0 Å². The molecule has 0 aromatic heterocycles. The molecule has 0 aliphatic heterocycles. The summed E-state index contributed by atoms with van der Waals surface area (Å²) in [6.45, 7) is 9.10. The number of carbonyl (C=O) groups excluding carboxylic acids is 1. The Morgan fingerprint density at radius 1 is 1.25 bits per heavy atom. The number of hydrogen-bond donors (Lipinski definition) is 0. The number of fused-ring (bicyclic) bond motifs is 5. The van der Waals surface area contributed by atoms with Crippen LogP contribution in [0.2, 0.25) is 0 Å². The number of aldehydes is 1. The van der Waals surface area contributed by atoms with Crippen LogP contribution in [-0.4, -0.2) is 6.29 Å². The van der Waals surface area contributed by atoms with Crippen LogP contribution in [0.5, 0.6) is 0 Å². The minimum atomic E-state index is 0.615. The first-order valence-corrected chi connectivity index (χ1v) is 10.5. The maximum Gasteiger partial charge on any atom is 0.142 e. The Morgan fingerprint density at radius 3 is 2.75 bits per heavy atom. The van der Waals surface area contributed by atoms with Gasteiger partial charge in [0.1, 0.15) is 6.29 Å². The second kappa shape index (κ2) is 5.08. The van der Waals surface area contributed by atoms with Crippen molar-refractivity contribution in [2.75, 3.05) is 0 Å². The van der Waals surface area contributed by atoms with Crippen molar-refractivity contribution in [1.29, 1.82) is 0 Å². The van der Waals surface area contributed by atoms with E-state index >= 15 is 0 Å². The lowest BCUT2D eigenvalue weighted by Gasteiger charge is -2.53. The van der Waals surface area contributed by atoms with E-state index in [1.807, 2.05) is 6.08 Å². The Hall–Kier alpha value is -0.850. The Labute approximate surface area is 147 Å². The van der Waals surface area contributed by atoms with Crippen molar-refractivity contribution in [3.63, 3.8) is 0 Å². The number of allylic oxidation sites excluding steroid dienone is 3. The van der Waals surface area contributed by atoms with Gasteiger partial charge in [-0.1, -0.05) is 31.9 Å². The fourth-order valence-corrected chi connectivity index (χ4v) is 8.65. The zero-order chi connectivity index (χ0) is 16.6. The third kappa shape index (κ3) is 1.70. The van der Waals surface area contributed by atoms with E-state index in [9.17, 15) is 4.79 Å². The molecule has 0 bridgehead atoms. The molecular weight excluding hydrogens is 292 g/mol. The van der Waals surface area contributed by atoms with Crippen LogP contribution in [0, 0.1) is 58.7 Å². The Balaban J connectivity index is 1.54. The molecule has 0 N–H and O–H groups in total. The molecule has 1 spiro atoms. The average Bonchev–Trinajstić information content (AvgIpc) is 3.45. The van der Waals surface area contributed by atoms with E-state index < -0.39 is 0 Å². The van der Waals surface area contributed by atoms with Crippen LogP contribution in [-0.2, 0) is 4.79 Å². The standard InChI is InChI=1S/C23H32O/c1-4-6-16-15(8-10-24)11-14(5-2)20-17(16)7-9-23-13(3)21(23)18-12-19(18)22(20)23/h5,8,10,13-14,16-22H,2,4,6-7,9,11-12H2,1,3H3/b15-8-. The van der Waals surface area contributed by atoms with Crippen LogP contribution in [0.15, 0.2) is 24.3 Å². The molecule has 5 fully saturated rings. The van der Waals surface area contributed by atoms with Crippen molar-refractivity contribution in [2.24, 2.45) is 58.7 Å². The van der Waals surface area contributed by atoms with Crippen molar-refractivity contribution < 1.29 is 4.79 Å². The van der Waals surface area contributed by atoms with Crippen LogP contribution >= 0.6 is 0 Å². The summed E-state index contributed by atoms with van der Waals surface area (Å²) in [5, 5.41) is 0. The summed E-state index contributed by atoms with van der Waals surface area (Å²) in [6.07, 6.45) is 13.3. The molecule has 130 valence electrons. The summed E-state index contributed by atoms with van der Waals surface area (Å²) < 4.78 is 0. The fraction of sp³-hybridized carbons (Fsp3) is 0.783. The quantitative estimate of drug-likeness (QED) is 0.391. The zero-order valence-electron chi connectivity index (χ0n) is 15.3. The number of hydrogen-bond acceptors (Lipinski definition) is 1. The van der Waals surface area contributed by atoms with Crippen LogP contribution < -0.4 is 0 Å². The van der Waals surface area contributed by atoms with Gasteiger partial charge in [-0.05, 0) is 96.9 Å². The summed E-state index contributed by atoms with van der Waals surface area (Å²) in [5.41, 5.74) is 2.18. The molecule has 10 unspecified atom stereocenters. The molecule has 5 aliphatic rings. The summed E-state index contributed by atoms with van der Waals surface area (Å²) in [6, 6.07) is 0. The number of carbonyl (C=O) groups is 1. The van der Waals surface area contributed by atoms with E-state index in [1.165, 1.54) is 37.7 Å². The largest absolute Gasteiger partial charge is 0.299 e. The average molecular weight is 325 g/mol. The minimum absolute atomic E-state index is 0.615. The normalized spacial score (nSPS) is 58.2. The zero-order valence-corrected chi connectivity index (χ0v) is 15.3. The highest BCUT2D eigenvalue weighted by Crippen LogP contribution is 2.87. The lowest BCUT2D eigenvalue weighted by atomic mass is 9.51. The van der Waals surface area contributed by atoms with Gasteiger partial charge in [0.2, 0.25) is 0 Å². The molecular formula is C23H32O. The van der Waals surface area contributed by atoms with E-state index in [0.717, 1.165) is 59.5 Å². The van der Waals surface area contributed by atoms with Gasteiger partial charge in [0.15, 0.2) is 0 Å². The fourth-order valence-electron chi connectivity index (χ4n) is 8.65. The van der Waals surface area contributed by atoms with Gasteiger partial charge in [-0.3, -0.25) is 4.79 Å². The molecule has 0 radical (unpaired) electrons. The molecule has 0 saturated heterocycles. The van der Waals surface area contributed by atoms with Crippen LogP contribution in [0.4, 0.5) is 0 Å². The topological polar surface area (TPSA) is 17.1 Å². The summed E-state index contributed by atoms with van der Waals surface area (Å²) in [7, 11) is 0. The third-order valence-corrected chi connectivity index (χ3v) is 9.30. The van der Waals surface area contributed by atoms with Gasteiger partial charge >= 0.3 is 0 Å². The van der Waals surface area contributed by atoms with Crippen molar-refractivity contribution in [3.8, 4) is 0 Å². The van der Waals surface area contributed by atoms with Gasteiger partial charge in [0.05, 0.1) is 0 Å². The van der Waals surface area contributed by atoms with Crippen LogP contribution in [0.3, 0.4) is 0 Å². The maximum atomic E-state index is 11.2. The van der Waals surface area contributed by atoms with Gasteiger partial charge in [-0.25, -0.2) is 0 Å². The molecule has 10 atom stereocenters. The van der Waals surface area contributed by atoms with Crippen molar-refractivity contribution in [1.82, 2.24) is 0 Å². The predicted octanol–water partition coefficient (Wildman–Crippen LogP) is 5.28. The molecule has 1 nitrogen and oxygen atoms in total. The second-order valence-electron chi connectivity index (χ2n) is 9.67. The predicted molar refractivity (Wildman–Crippen MR) is 97.2 cm³/mol. The molecule has 5 saturated carbocycles. The highest BCUT2D eigenvalue weighted by molar-refractivity contribution is 5.66. The maximum absolute atomic E-state index is 11.2. The van der Waals surface area contributed by atoms with E-state index in [1.54, 1.807) is 0 Å². The van der Waals surface area contributed by atoms with E-state index in [0.29, 0.717) is 11.8 Å². The first-order valence-electron chi connectivity index (χ1n) is 10.5. The van der Waals surface area contributed by atoms with Crippen molar-refractivity contribution in [3.05, 3.63) is 24.3 Å². The SMILES string of the molecule is C=CC1C/C(=C/C=O)C(CCC)C2CCC34C(C)C3C3CC3C4C12. The highest BCUT2D eigenvalue weighted by atomic mass is 16.1. The number of rotatable bonds is 4. The molecule has 0 aromatic rings. The van der Waals surface area contributed by atoms with E-state index in [4.69, 9.17) is 0 Å². The summed E-state index contributed by atoms with van der Waals surface area (Å²) in [5.74, 6) is 8.17. The van der Waals surface area contributed by atoms with Gasteiger partial charge in [-0.2, -0.15) is 0 Å². The molecule has 5 rings (SSSR count). The van der Waals surface area contributed by atoms with Crippen LogP contribution in [0.25, 0.3) is 0 Å². The lowest BCUT2D eigenvalue weighted by molar-refractivity contribution is -0.104. The lowest BCUT2D eigenvalue weighted by Crippen LogP contribution is -2.47. The highest BCUT2D eigenvalue weighted by Gasteiger charge is 2.82. The molecule has 1 heteroatoms. The first kappa shape index (κ1) is 15.4. The second-order valence-corrected chi connectivity index (χ2v) is 9.67. The summed E-state index contributed by atoms with van der Waals surface area (Å²) >= 11 is 0. The van der Waals surface area contributed by atoms with Gasteiger partial charge < -0.3 is 0 Å². The molecule has 24 heavy (non-hydrogen) atoms. The van der Waals surface area contributed by atoms with Gasteiger partial charge in [0.25, 0.3) is 0 Å². The van der Waals surface area contributed by atoms with Crippen molar-refractivity contribution >= 4 is 6.29 Å². The molecule has 5 aliphatic carbocycles. The molecule has 0 heterocycles. The van der Waals surface area contributed by atoms with E-state index in [2.05, 4.69) is 26.5 Å². The summed E-state index contributed by atoms with van der Waals surface area (Å²) in [4.78, 5) is 11.2. The minimum Gasteiger partial charge on any atom is -0.299 e. The molecule has 0 aromatic carbocycles. The molecule has 0 amide bonds.